The maximum atomic E-state index is 12.5. The van der Waals surface area contributed by atoms with E-state index in [1.54, 1.807) is 6.92 Å². The third kappa shape index (κ3) is 4.50. The maximum Gasteiger partial charge on any atom is 0.416 e. The van der Waals surface area contributed by atoms with E-state index in [4.69, 9.17) is 0 Å². The molecule has 0 aliphatic carbocycles. The molecule has 0 aliphatic rings. The van der Waals surface area contributed by atoms with Crippen LogP contribution in [-0.2, 0) is 15.7 Å². The molecule has 0 spiro atoms. The fourth-order valence-electron chi connectivity index (χ4n) is 1.62. The van der Waals surface area contributed by atoms with Crippen LogP contribution in [0.3, 0.4) is 0 Å². The Labute approximate surface area is 113 Å². The normalized spacial score (nSPS) is 14.7. The lowest BCUT2D eigenvalue weighted by atomic mass is 10.00. The van der Waals surface area contributed by atoms with E-state index in [2.05, 4.69) is 4.74 Å². The van der Waals surface area contributed by atoms with Crippen LogP contribution >= 0.6 is 0 Å². The lowest BCUT2D eigenvalue weighted by Crippen LogP contribution is -2.23. The van der Waals surface area contributed by atoms with Crippen molar-refractivity contribution in [2.75, 3.05) is 6.61 Å². The molecule has 0 saturated heterocycles. The summed E-state index contributed by atoms with van der Waals surface area (Å²) >= 11 is 0. The summed E-state index contributed by atoms with van der Waals surface area (Å²) in [7, 11) is 0. The van der Waals surface area contributed by atoms with Crippen molar-refractivity contribution in [2.24, 2.45) is 0 Å². The Bertz CT molecular complexity index is 459. The lowest BCUT2D eigenvalue weighted by molar-refractivity contribution is -0.147. The standard InChI is InChI=1S/C13H15F3O4/c1-2-20-11(18)7-10(17)12(19)8-4-3-5-9(6-8)13(14,15)16/h3-6,10,12,17,19H,2,7H2,1H3. The number of hydrogen-bond donors (Lipinski definition) is 2. The summed E-state index contributed by atoms with van der Waals surface area (Å²) in [6.45, 7) is 1.69. The second-order valence-electron chi connectivity index (χ2n) is 4.14. The highest BCUT2D eigenvalue weighted by atomic mass is 19.4. The number of aliphatic hydroxyl groups excluding tert-OH is 2. The fraction of sp³-hybridized carbons (Fsp3) is 0.462. The average molecular weight is 292 g/mol. The molecule has 0 heterocycles. The minimum atomic E-state index is -4.54. The molecule has 0 saturated carbocycles. The van der Waals surface area contributed by atoms with Crippen molar-refractivity contribution >= 4 is 5.97 Å². The molecule has 0 aromatic heterocycles. The van der Waals surface area contributed by atoms with Crippen molar-refractivity contribution in [3.05, 3.63) is 35.4 Å². The number of ether oxygens (including phenoxy) is 1. The maximum absolute atomic E-state index is 12.5. The number of rotatable bonds is 5. The lowest BCUT2D eigenvalue weighted by Gasteiger charge is -2.18. The van der Waals surface area contributed by atoms with Crippen LogP contribution in [0.1, 0.15) is 30.6 Å². The second kappa shape index (κ2) is 6.71. The summed E-state index contributed by atoms with van der Waals surface area (Å²) in [6, 6.07) is 3.96. The number of esters is 1. The molecular formula is C13H15F3O4. The fourth-order valence-corrected chi connectivity index (χ4v) is 1.62. The molecule has 0 fully saturated rings. The predicted molar refractivity (Wildman–Crippen MR) is 63.7 cm³/mol. The van der Waals surface area contributed by atoms with Crippen molar-refractivity contribution in [3.63, 3.8) is 0 Å². The topological polar surface area (TPSA) is 66.8 Å². The number of halogens is 3. The molecule has 4 nitrogen and oxygen atoms in total. The Balaban J connectivity index is 2.81. The summed E-state index contributed by atoms with van der Waals surface area (Å²) < 4.78 is 42.2. The Kier molecular flexibility index (Phi) is 5.52. The number of benzene rings is 1. The smallest absolute Gasteiger partial charge is 0.416 e. The van der Waals surface area contributed by atoms with Crippen LogP contribution < -0.4 is 0 Å². The third-order valence-electron chi connectivity index (χ3n) is 2.60. The van der Waals surface area contributed by atoms with Crippen LogP contribution in [0.5, 0.6) is 0 Å². The summed E-state index contributed by atoms with van der Waals surface area (Å²) in [5, 5.41) is 19.4. The van der Waals surface area contributed by atoms with Crippen molar-refractivity contribution in [1.82, 2.24) is 0 Å². The summed E-state index contributed by atoms with van der Waals surface area (Å²) in [5.74, 6) is -0.731. The molecule has 2 N–H and O–H groups in total. The molecule has 112 valence electrons. The monoisotopic (exact) mass is 292 g/mol. The van der Waals surface area contributed by atoms with Gasteiger partial charge in [-0.25, -0.2) is 0 Å². The highest BCUT2D eigenvalue weighted by molar-refractivity contribution is 5.70. The largest absolute Gasteiger partial charge is 0.466 e. The second-order valence-corrected chi connectivity index (χ2v) is 4.14. The molecule has 0 aliphatic heterocycles. The van der Waals surface area contributed by atoms with Crippen LogP contribution in [0.4, 0.5) is 13.2 Å². The molecular weight excluding hydrogens is 277 g/mol. The van der Waals surface area contributed by atoms with E-state index in [9.17, 15) is 28.2 Å². The zero-order chi connectivity index (χ0) is 15.3. The molecule has 0 radical (unpaired) electrons. The first-order valence-corrected chi connectivity index (χ1v) is 5.94. The Morgan fingerprint density at radius 3 is 2.55 bits per heavy atom. The van der Waals surface area contributed by atoms with Gasteiger partial charge in [-0.2, -0.15) is 13.2 Å². The minimum Gasteiger partial charge on any atom is -0.466 e. The summed E-state index contributed by atoms with van der Waals surface area (Å²) in [6.07, 6.45) is -8.16. The molecule has 1 aromatic carbocycles. The zero-order valence-electron chi connectivity index (χ0n) is 10.7. The van der Waals surface area contributed by atoms with Gasteiger partial charge in [-0.15, -0.1) is 0 Å². The van der Waals surface area contributed by atoms with E-state index in [1.807, 2.05) is 0 Å². The van der Waals surface area contributed by atoms with Gasteiger partial charge in [0.25, 0.3) is 0 Å². The van der Waals surface area contributed by atoms with Crippen molar-refractivity contribution < 1.29 is 32.9 Å². The average Bonchev–Trinajstić information content (AvgIpc) is 2.37. The first kappa shape index (κ1) is 16.5. The van der Waals surface area contributed by atoms with Gasteiger partial charge in [0.1, 0.15) is 6.10 Å². The van der Waals surface area contributed by atoms with Crippen molar-refractivity contribution in [2.45, 2.75) is 31.7 Å². The first-order chi connectivity index (χ1) is 9.25. The van der Waals surface area contributed by atoms with Crippen LogP contribution in [0, 0.1) is 0 Å². The van der Waals surface area contributed by atoms with Gasteiger partial charge in [0.2, 0.25) is 0 Å². The molecule has 20 heavy (non-hydrogen) atoms. The van der Waals surface area contributed by atoms with Gasteiger partial charge in [0, 0.05) is 0 Å². The Morgan fingerprint density at radius 2 is 2.00 bits per heavy atom. The molecule has 0 bridgehead atoms. The number of hydrogen-bond acceptors (Lipinski definition) is 4. The van der Waals surface area contributed by atoms with E-state index in [1.165, 1.54) is 6.07 Å². The van der Waals surface area contributed by atoms with Gasteiger partial charge in [-0.05, 0) is 24.6 Å². The summed E-state index contributed by atoms with van der Waals surface area (Å²) in [5.41, 5.74) is -1.05. The number of aliphatic hydroxyl groups is 2. The van der Waals surface area contributed by atoms with Gasteiger partial charge in [-0.1, -0.05) is 12.1 Å². The van der Waals surface area contributed by atoms with Gasteiger partial charge < -0.3 is 14.9 Å². The highest BCUT2D eigenvalue weighted by Crippen LogP contribution is 2.31. The van der Waals surface area contributed by atoms with E-state index >= 15 is 0 Å². The molecule has 7 heteroatoms. The highest BCUT2D eigenvalue weighted by Gasteiger charge is 2.31. The number of carbonyl (C=O) groups excluding carboxylic acids is 1. The molecule has 0 amide bonds. The van der Waals surface area contributed by atoms with Crippen LogP contribution in [0.2, 0.25) is 0 Å². The van der Waals surface area contributed by atoms with E-state index < -0.39 is 36.3 Å². The van der Waals surface area contributed by atoms with Gasteiger partial charge in [0.05, 0.1) is 24.7 Å². The van der Waals surface area contributed by atoms with E-state index in [0.29, 0.717) is 0 Å². The number of alkyl halides is 3. The molecule has 2 atom stereocenters. The van der Waals surface area contributed by atoms with Crippen LogP contribution in [-0.4, -0.2) is 28.9 Å². The van der Waals surface area contributed by atoms with Gasteiger partial charge in [-0.3, -0.25) is 4.79 Å². The zero-order valence-corrected chi connectivity index (χ0v) is 10.7. The molecule has 1 aromatic rings. The number of carbonyl (C=O) groups is 1. The van der Waals surface area contributed by atoms with Crippen LogP contribution in [0.25, 0.3) is 0 Å². The Hall–Kier alpha value is -1.60. The van der Waals surface area contributed by atoms with Crippen molar-refractivity contribution in [3.8, 4) is 0 Å². The molecule has 2 unspecified atom stereocenters. The van der Waals surface area contributed by atoms with Crippen molar-refractivity contribution in [1.29, 1.82) is 0 Å². The summed E-state index contributed by atoms with van der Waals surface area (Å²) in [4.78, 5) is 11.1. The van der Waals surface area contributed by atoms with Gasteiger partial charge in [0.15, 0.2) is 0 Å². The molecule has 1 rings (SSSR count). The third-order valence-corrected chi connectivity index (χ3v) is 2.60. The van der Waals surface area contributed by atoms with Crippen LogP contribution in [0.15, 0.2) is 24.3 Å². The van der Waals surface area contributed by atoms with Gasteiger partial charge >= 0.3 is 12.1 Å². The SMILES string of the molecule is CCOC(=O)CC(O)C(O)c1cccc(C(F)(F)F)c1. The minimum absolute atomic E-state index is 0.114. The quantitative estimate of drug-likeness (QED) is 0.815. The predicted octanol–water partition coefficient (Wildman–Crippen LogP) is 2.05. The Morgan fingerprint density at radius 1 is 1.35 bits per heavy atom. The van der Waals surface area contributed by atoms with E-state index in [0.717, 1.165) is 18.2 Å². The van der Waals surface area contributed by atoms with E-state index in [-0.39, 0.29) is 12.2 Å². The first-order valence-electron chi connectivity index (χ1n) is 5.94.